The first-order valence-corrected chi connectivity index (χ1v) is 12.2. The van der Waals surface area contributed by atoms with Gasteiger partial charge in [0.05, 0.1) is 11.0 Å². The molecule has 0 bridgehead atoms. The van der Waals surface area contributed by atoms with Crippen molar-refractivity contribution in [2.75, 3.05) is 18.8 Å². The molecule has 166 valence electrons. The first kappa shape index (κ1) is 21.9. The number of nitrogens with zero attached hydrogens (tertiary/aromatic N) is 1. The first-order chi connectivity index (χ1) is 15.5. The minimum atomic E-state index is -3.41. The van der Waals surface area contributed by atoms with Crippen LogP contribution in [-0.4, -0.2) is 38.3 Å². The van der Waals surface area contributed by atoms with E-state index in [9.17, 15) is 13.2 Å². The summed E-state index contributed by atoms with van der Waals surface area (Å²) in [4.78, 5) is 14.0. The lowest BCUT2D eigenvalue weighted by Crippen LogP contribution is -2.34. The molecule has 0 aromatic heterocycles. The van der Waals surface area contributed by atoms with Crippen molar-refractivity contribution in [2.45, 2.75) is 18.3 Å². The van der Waals surface area contributed by atoms with Gasteiger partial charge in [0, 0.05) is 13.1 Å². The first-order valence-electron chi connectivity index (χ1n) is 10.5. The van der Waals surface area contributed by atoms with Crippen molar-refractivity contribution < 1.29 is 22.7 Å². The maximum absolute atomic E-state index is 12.9. The number of benzene rings is 3. The number of carbonyl (C=O) groups is 1. The van der Waals surface area contributed by atoms with Crippen molar-refractivity contribution in [3.63, 3.8) is 0 Å². The van der Waals surface area contributed by atoms with Gasteiger partial charge >= 0.3 is 6.09 Å². The van der Waals surface area contributed by atoms with Crippen LogP contribution in [0.5, 0.6) is 11.5 Å². The fraction of sp³-hybridized carbons (Fsp3) is 0.240. The van der Waals surface area contributed by atoms with Crippen LogP contribution in [0.25, 0.3) is 0 Å². The Kier molecular flexibility index (Phi) is 6.75. The van der Waals surface area contributed by atoms with Crippen molar-refractivity contribution in [3.05, 3.63) is 96.1 Å². The zero-order valence-corrected chi connectivity index (χ0v) is 18.4. The molecule has 1 atom stereocenters. The number of rotatable bonds is 5. The molecule has 0 radical (unpaired) electrons. The van der Waals surface area contributed by atoms with Crippen LogP contribution in [0.2, 0.25) is 0 Å². The second-order valence-electron chi connectivity index (χ2n) is 7.66. The van der Waals surface area contributed by atoms with E-state index in [1.807, 2.05) is 60.7 Å². The minimum absolute atomic E-state index is 0.0969. The molecule has 1 aliphatic rings. The summed E-state index contributed by atoms with van der Waals surface area (Å²) in [5.41, 5.74) is 1.59. The highest BCUT2D eigenvalue weighted by atomic mass is 32.2. The van der Waals surface area contributed by atoms with Crippen molar-refractivity contribution >= 4 is 15.9 Å². The molecular weight excluding hydrogens is 426 g/mol. The van der Waals surface area contributed by atoms with Crippen LogP contribution < -0.4 is 4.74 Å². The summed E-state index contributed by atoms with van der Waals surface area (Å²) >= 11 is 0. The summed E-state index contributed by atoms with van der Waals surface area (Å²) in [6.07, 6.45) is -0.168. The van der Waals surface area contributed by atoms with Crippen LogP contribution in [0.1, 0.15) is 22.8 Å². The van der Waals surface area contributed by atoms with Crippen LogP contribution in [-0.2, 0) is 21.2 Å². The van der Waals surface area contributed by atoms with E-state index in [-0.39, 0.29) is 18.9 Å². The average molecular weight is 452 g/mol. The monoisotopic (exact) mass is 451 g/mol. The Morgan fingerprint density at radius 2 is 1.47 bits per heavy atom. The molecular formula is C25H25NO5S. The van der Waals surface area contributed by atoms with E-state index in [2.05, 4.69) is 0 Å². The molecule has 0 spiro atoms. The molecule has 1 saturated heterocycles. The van der Waals surface area contributed by atoms with Crippen molar-refractivity contribution in [2.24, 2.45) is 0 Å². The Morgan fingerprint density at radius 3 is 2.16 bits per heavy atom. The Bertz CT molecular complexity index is 1130. The number of hydrogen-bond donors (Lipinski definition) is 0. The van der Waals surface area contributed by atoms with Crippen LogP contribution in [0.3, 0.4) is 0 Å². The molecule has 0 N–H and O–H groups in total. The smallest absolute Gasteiger partial charge is 0.410 e. The Balaban J connectivity index is 1.40. The maximum atomic E-state index is 12.9. The summed E-state index contributed by atoms with van der Waals surface area (Å²) in [5, 5.41) is -0.666. The van der Waals surface area contributed by atoms with Gasteiger partial charge in [-0.2, -0.15) is 0 Å². The molecule has 7 heteroatoms. The molecule has 6 nitrogen and oxygen atoms in total. The van der Waals surface area contributed by atoms with Gasteiger partial charge in [0.15, 0.2) is 9.84 Å². The normalized spacial score (nSPS) is 17.9. The fourth-order valence-electron chi connectivity index (χ4n) is 3.69. The Morgan fingerprint density at radius 1 is 0.844 bits per heavy atom. The molecule has 1 aliphatic heterocycles. The third-order valence-electron chi connectivity index (χ3n) is 5.43. The summed E-state index contributed by atoms with van der Waals surface area (Å²) in [6, 6.07) is 25.9. The maximum Gasteiger partial charge on any atom is 0.410 e. The second-order valence-corrected chi connectivity index (χ2v) is 9.96. The molecule has 1 heterocycles. The summed E-state index contributed by atoms with van der Waals surface area (Å²) in [7, 11) is -3.41. The van der Waals surface area contributed by atoms with Crippen molar-refractivity contribution in [1.82, 2.24) is 4.90 Å². The van der Waals surface area contributed by atoms with Gasteiger partial charge in [0.2, 0.25) is 0 Å². The average Bonchev–Trinajstić information content (AvgIpc) is 2.97. The van der Waals surface area contributed by atoms with E-state index in [1.54, 1.807) is 24.3 Å². The molecule has 1 unspecified atom stereocenters. The molecule has 3 aromatic carbocycles. The van der Waals surface area contributed by atoms with Gasteiger partial charge in [0.1, 0.15) is 18.1 Å². The molecule has 1 amide bonds. The van der Waals surface area contributed by atoms with Gasteiger partial charge in [-0.05, 0) is 41.8 Å². The van der Waals surface area contributed by atoms with Crippen LogP contribution in [0.15, 0.2) is 84.9 Å². The third kappa shape index (κ3) is 5.48. The third-order valence-corrected chi connectivity index (χ3v) is 7.56. The van der Waals surface area contributed by atoms with Gasteiger partial charge in [-0.15, -0.1) is 0 Å². The van der Waals surface area contributed by atoms with Gasteiger partial charge in [0.25, 0.3) is 0 Å². The molecule has 32 heavy (non-hydrogen) atoms. The lowest BCUT2D eigenvalue weighted by Gasteiger charge is -2.19. The topological polar surface area (TPSA) is 72.9 Å². The summed E-state index contributed by atoms with van der Waals surface area (Å²) in [6.45, 7) is 0.608. The Hall–Kier alpha value is -3.32. The standard InChI is InChI=1S/C25H25NO5S/c27-25(30-19-20-7-3-1-4-8-20)26-16-15-24(32(28,29)18-17-26)21-11-13-23(14-12-21)31-22-9-5-2-6-10-22/h1-14,24H,15-19H2. The number of amides is 1. The summed E-state index contributed by atoms with van der Waals surface area (Å²) in [5.74, 6) is 1.25. The molecule has 3 aromatic rings. The Labute approximate surface area is 188 Å². The van der Waals surface area contributed by atoms with Crippen LogP contribution >= 0.6 is 0 Å². The predicted molar refractivity (Wildman–Crippen MR) is 122 cm³/mol. The zero-order chi connectivity index (χ0) is 22.4. The number of para-hydroxylation sites is 1. The summed E-state index contributed by atoms with van der Waals surface area (Å²) < 4.78 is 37.0. The highest BCUT2D eigenvalue weighted by molar-refractivity contribution is 7.91. The van der Waals surface area contributed by atoms with Crippen molar-refractivity contribution in [3.8, 4) is 11.5 Å². The molecule has 0 saturated carbocycles. The van der Waals surface area contributed by atoms with Gasteiger partial charge < -0.3 is 14.4 Å². The van der Waals surface area contributed by atoms with E-state index in [0.717, 1.165) is 5.56 Å². The van der Waals surface area contributed by atoms with E-state index < -0.39 is 21.2 Å². The van der Waals surface area contributed by atoms with E-state index in [1.165, 1.54) is 4.90 Å². The van der Waals surface area contributed by atoms with Gasteiger partial charge in [-0.25, -0.2) is 13.2 Å². The second kappa shape index (κ2) is 9.87. The highest BCUT2D eigenvalue weighted by Gasteiger charge is 2.33. The van der Waals surface area contributed by atoms with E-state index in [0.29, 0.717) is 30.0 Å². The fourth-order valence-corrected chi connectivity index (χ4v) is 5.48. The quantitative estimate of drug-likeness (QED) is 0.547. The lowest BCUT2D eigenvalue weighted by molar-refractivity contribution is 0.0985. The van der Waals surface area contributed by atoms with E-state index >= 15 is 0 Å². The predicted octanol–water partition coefficient (Wildman–Crippen LogP) is 4.98. The minimum Gasteiger partial charge on any atom is -0.457 e. The number of ether oxygens (including phenoxy) is 2. The molecule has 1 fully saturated rings. The van der Waals surface area contributed by atoms with Gasteiger partial charge in [-0.1, -0.05) is 60.7 Å². The van der Waals surface area contributed by atoms with Crippen molar-refractivity contribution in [1.29, 1.82) is 0 Å². The lowest BCUT2D eigenvalue weighted by atomic mass is 10.1. The number of hydrogen-bond acceptors (Lipinski definition) is 5. The zero-order valence-electron chi connectivity index (χ0n) is 17.6. The van der Waals surface area contributed by atoms with Crippen LogP contribution in [0, 0.1) is 0 Å². The molecule has 0 aliphatic carbocycles. The SMILES string of the molecule is O=C(OCc1ccccc1)N1CCC(c2ccc(Oc3ccccc3)cc2)S(=O)(=O)CC1. The molecule has 4 rings (SSSR count). The number of sulfone groups is 1. The largest absolute Gasteiger partial charge is 0.457 e. The van der Waals surface area contributed by atoms with Gasteiger partial charge in [-0.3, -0.25) is 0 Å². The number of carbonyl (C=O) groups excluding carboxylic acids is 1. The van der Waals surface area contributed by atoms with E-state index in [4.69, 9.17) is 9.47 Å². The van der Waals surface area contributed by atoms with Crippen LogP contribution in [0.4, 0.5) is 4.79 Å². The highest BCUT2D eigenvalue weighted by Crippen LogP contribution is 2.31.